The number of nitrogens with one attached hydrogen (secondary N) is 1. The summed E-state index contributed by atoms with van der Waals surface area (Å²) in [6, 6.07) is 16.2. The Morgan fingerprint density at radius 3 is 2.60 bits per heavy atom. The molecule has 154 valence electrons. The molecule has 7 heteroatoms. The average Bonchev–Trinajstić information content (AvgIpc) is 3.15. The van der Waals surface area contributed by atoms with E-state index in [2.05, 4.69) is 12.2 Å². The number of hydrogen-bond donors (Lipinski definition) is 1. The first-order valence-corrected chi connectivity index (χ1v) is 9.82. The second-order valence-electron chi connectivity index (χ2n) is 7.15. The van der Waals surface area contributed by atoms with Gasteiger partial charge in [0.15, 0.2) is 6.10 Å². The molecule has 2 amide bonds. The topological polar surface area (TPSA) is 99.5 Å². The second-order valence-corrected chi connectivity index (χ2v) is 7.15. The number of carbonyl (C=O) groups is 3. The molecule has 1 saturated heterocycles. The molecule has 1 aliphatic rings. The number of esters is 1. The smallest absolute Gasteiger partial charge is 0.312 e. The molecular formula is C23H23N3O4. The highest BCUT2D eigenvalue weighted by atomic mass is 16.5. The van der Waals surface area contributed by atoms with E-state index in [0.29, 0.717) is 11.3 Å². The van der Waals surface area contributed by atoms with Crippen molar-refractivity contribution in [2.24, 2.45) is 5.92 Å². The van der Waals surface area contributed by atoms with Crippen LogP contribution in [-0.4, -0.2) is 30.4 Å². The third-order valence-corrected chi connectivity index (χ3v) is 5.08. The minimum absolute atomic E-state index is 0.0416. The van der Waals surface area contributed by atoms with Crippen molar-refractivity contribution in [1.82, 2.24) is 0 Å². The van der Waals surface area contributed by atoms with Crippen LogP contribution in [0.3, 0.4) is 0 Å². The largest absolute Gasteiger partial charge is 0.452 e. The molecule has 2 aromatic carbocycles. The molecule has 2 aromatic rings. The van der Waals surface area contributed by atoms with Gasteiger partial charge in [0.1, 0.15) is 6.07 Å². The molecule has 7 nitrogen and oxygen atoms in total. The maximum atomic E-state index is 12.5. The Balaban J connectivity index is 1.59. The van der Waals surface area contributed by atoms with Crippen LogP contribution in [0.25, 0.3) is 0 Å². The molecule has 0 radical (unpaired) electrons. The fourth-order valence-corrected chi connectivity index (χ4v) is 3.27. The van der Waals surface area contributed by atoms with E-state index in [1.54, 1.807) is 29.2 Å². The Labute approximate surface area is 175 Å². The molecule has 2 atom stereocenters. The monoisotopic (exact) mass is 405 g/mol. The molecule has 1 heterocycles. The minimum Gasteiger partial charge on any atom is -0.452 e. The first-order chi connectivity index (χ1) is 14.4. The van der Waals surface area contributed by atoms with Crippen molar-refractivity contribution in [3.8, 4) is 6.07 Å². The number of anilines is 2. The molecule has 0 saturated carbocycles. The van der Waals surface area contributed by atoms with E-state index >= 15 is 0 Å². The van der Waals surface area contributed by atoms with E-state index in [4.69, 9.17) is 10.00 Å². The van der Waals surface area contributed by atoms with E-state index in [9.17, 15) is 14.4 Å². The quantitative estimate of drug-likeness (QED) is 0.745. The summed E-state index contributed by atoms with van der Waals surface area (Å²) in [5, 5.41) is 11.7. The minimum atomic E-state index is -1.06. The molecule has 0 spiro atoms. The third kappa shape index (κ3) is 4.66. The molecular weight excluding hydrogens is 382 g/mol. The van der Waals surface area contributed by atoms with Crippen LogP contribution >= 0.6 is 0 Å². The van der Waals surface area contributed by atoms with Gasteiger partial charge in [-0.2, -0.15) is 5.26 Å². The fourth-order valence-electron chi connectivity index (χ4n) is 3.27. The number of aryl methyl sites for hydroxylation is 1. The number of ether oxygens (including phenoxy) is 1. The zero-order valence-corrected chi connectivity index (χ0v) is 16.9. The van der Waals surface area contributed by atoms with Crippen molar-refractivity contribution >= 4 is 29.2 Å². The van der Waals surface area contributed by atoms with Gasteiger partial charge >= 0.3 is 5.97 Å². The van der Waals surface area contributed by atoms with E-state index in [0.717, 1.165) is 12.1 Å². The molecule has 0 bridgehead atoms. The summed E-state index contributed by atoms with van der Waals surface area (Å²) < 4.78 is 5.30. The Bertz CT molecular complexity index is 994. The van der Waals surface area contributed by atoms with Gasteiger partial charge in [0.05, 0.1) is 17.2 Å². The Morgan fingerprint density at radius 2 is 1.93 bits per heavy atom. The molecule has 3 rings (SSSR count). The maximum absolute atomic E-state index is 12.5. The number of amides is 2. The number of para-hydroxylation sites is 1. The van der Waals surface area contributed by atoms with Crippen molar-refractivity contribution in [2.75, 3.05) is 16.8 Å². The van der Waals surface area contributed by atoms with Crippen molar-refractivity contribution in [2.45, 2.75) is 32.8 Å². The van der Waals surface area contributed by atoms with Crippen LogP contribution in [0.1, 0.15) is 31.4 Å². The van der Waals surface area contributed by atoms with Gasteiger partial charge in [0, 0.05) is 18.7 Å². The Kier molecular flexibility index (Phi) is 6.48. The molecule has 0 unspecified atom stereocenters. The molecule has 1 N–H and O–H groups in total. The summed E-state index contributed by atoms with van der Waals surface area (Å²) in [6.07, 6.45) is -0.112. The summed E-state index contributed by atoms with van der Waals surface area (Å²) in [4.78, 5) is 38.8. The predicted octanol–water partition coefficient (Wildman–Crippen LogP) is 3.04. The lowest BCUT2D eigenvalue weighted by Crippen LogP contribution is -2.33. The maximum Gasteiger partial charge on any atom is 0.312 e. The van der Waals surface area contributed by atoms with Gasteiger partial charge in [0.2, 0.25) is 5.91 Å². The lowest BCUT2D eigenvalue weighted by Gasteiger charge is -2.18. The molecule has 0 aliphatic carbocycles. The standard InChI is InChI=1S/C23H23N3O4/c1-3-16-8-10-19(11-9-16)26-14-18(12-21(26)27)23(29)30-15(2)22(28)25-20-7-5-4-6-17(20)13-24/h4-11,15,18H,3,12,14H2,1-2H3,(H,25,28)/t15-,18-/m0/s1. The van der Waals surface area contributed by atoms with Crippen LogP contribution in [0.15, 0.2) is 48.5 Å². The lowest BCUT2D eigenvalue weighted by molar-refractivity contribution is -0.157. The van der Waals surface area contributed by atoms with Crippen LogP contribution < -0.4 is 10.2 Å². The van der Waals surface area contributed by atoms with Crippen LogP contribution in [0, 0.1) is 17.2 Å². The van der Waals surface area contributed by atoms with Gasteiger partial charge in [-0.15, -0.1) is 0 Å². The predicted molar refractivity (Wildman–Crippen MR) is 112 cm³/mol. The number of benzene rings is 2. The van der Waals surface area contributed by atoms with Crippen molar-refractivity contribution in [1.29, 1.82) is 5.26 Å². The van der Waals surface area contributed by atoms with Crippen molar-refractivity contribution in [3.05, 3.63) is 59.7 Å². The van der Waals surface area contributed by atoms with Gasteiger partial charge in [0.25, 0.3) is 5.91 Å². The summed E-state index contributed by atoms with van der Waals surface area (Å²) >= 11 is 0. The highest BCUT2D eigenvalue weighted by Crippen LogP contribution is 2.26. The van der Waals surface area contributed by atoms with Gasteiger partial charge in [-0.1, -0.05) is 31.2 Å². The normalized spacial score (nSPS) is 16.6. The fraction of sp³-hybridized carbons (Fsp3) is 0.304. The third-order valence-electron chi connectivity index (χ3n) is 5.08. The number of nitriles is 1. The van der Waals surface area contributed by atoms with E-state index < -0.39 is 23.9 Å². The van der Waals surface area contributed by atoms with Gasteiger partial charge in [-0.05, 0) is 43.2 Å². The molecule has 1 fully saturated rings. The first-order valence-electron chi connectivity index (χ1n) is 9.82. The molecule has 30 heavy (non-hydrogen) atoms. The number of rotatable bonds is 6. The zero-order valence-electron chi connectivity index (χ0n) is 16.9. The average molecular weight is 405 g/mol. The number of nitrogens with zero attached hydrogens (tertiary/aromatic N) is 2. The lowest BCUT2D eigenvalue weighted by atomic mass is 10.1. The highest BCUT2D eigenvalue weighted by Gasteiger charge is 2.37. The van der Waals surface area contributed by atoms with Crippen LogP contribution in [0.2, 0.25) is 0 Å². The van der Waals surface area contributed by atoms with Gasteiger partial charge < -0.3 is 15.0 Å². The van der Waals surface area contributed by atoms with Gasteiger partial charge in [-0.25, -0.2) is 0 Å². The zero-order chi connectivity index (χ0) is 21.7. The van der Waals surface area contributed by atoms with Crippen LogP contribution in [-0.2, 0) is 25.5 Å². The molecule has 0 aromatic heterocycles. The summed E-state index contributed by atoms with van der Waals surface area (Å²) in [6.45, 7) is 3.73. The summed E-state index contributed by atoms with van der Waals surface area (Å²) in [7, 11) is 0. The summed E-state index contributed by atoms with van der Waals surface area (Å²) in [5.74, 6) is -1.92. The number of carbonyl (C=O) groups excluding carboxylic acids is 3. The Morgan fingerprint density at radius 1 is 1.23 bits per heavy atom. The summed E-state index contributed by atoms with van der Waals surface area (Å²) in [5.41, 5.74) is 2.58. The van der Waals surface area contributed by atoms with Crippen LogP contribution in [0.5, 0.6) is 0 Å². The van der Waals surface area contributed by atoms with Gasteiger partial charge in [-0.3, -0.25) is 14.4 Å². The highest BCUT2D eigenvalue weighted by molar-refractivity contribution is 6.00. The Hall–Kier alpha value is -3.66. The SMILES string of the molecule is CCc1ccc(N2C[C@@H](C(=O)O[C@@H](C)C(=O)Nc3ccccc3C#N)CC2=O)cc1. The number of hydrogen-bond acceptors (Lipinski definition) is 5. The first kappa shape index (κ1) is 21.1. The van der Waals surface area contributed by atoms with E-state index in [-0.39, 0.29) is 18.9 Å². The van der Waals surface area contributed by atoms with E-state index in [1.807, 2.05) is 30.3 Å². The second kappa shape index (κ2) is 9.23. The molecule has 1 aliphatic heterocycles. The van der Waals surface area contributed by atoms with Crippen molar-refractivity contribution < 1.29 is 19.1 Å². The van der Waals surface area contributed by atoms with Crippen molar-refractivity contribution in [3.63, 3.8) is 0 Å². The van der Waals surface area contributed by atoms with E-state index in [1.165, 1.54) is 12.5 Å². The van der Waals surface area contributed by atoms with Crippen LogP contribution in [0.4, 0.5) is 11.4 Å².